The van der Waals surface area contributed by atoms with Crippen molar-refractivity contribution in [3.05, 3.63) is 41.0 Å². The minimum Gasteiger partial charge on any atom is -0.374 e. The molecular weight excluding hydrogens is 302 g/mol. The molecule has 1 N–H and O–H groups in total. The molecule has 2 aromatic rings. The molecule has 0 unspecified atom stereocenters. The number of nitrogens with zero attached hydrogens (tertiary/aromatic N) is 2. The van der Waals surface area contributed by atoms with Gasteiger partial charge in [-0.15, -0.1) is 0 Å². The number of hydrogen-bond donors (Lipinski definition) is 1. The summed E-state index contributed by atoms with van der Waals surface area (Å²) < 4.78 is 5.65. The van der Waals surface area contributed by atoms with Gasteiger partial charge in [-0.05, 0) is 25.2 Å². The summed E-state index contributed by atoms with van der Waals surface area (Å²) in [6.45, 7) is 2.91. The molecule has 1 aromatic carbocycles. The molecule has 1 fully saturated rings. The van der Waals surface area contributed by atoms with Crippen LogP contribution in [0.25, 0.3) is 10.9 Å². The Hall–Kier alpha value is -1.69. The second-order valence-electron chi connectivity index (χ2n) is 5.49. The van der Waals surface area contributed by atoms with Crippen LogP contribution >= 0.6 is 11.6 Å². The average molecular weight is 320 g/mol. The van der Waals surface area contributed by atoms with Gasteiger partial charge in [-0.25, -0.2) is 0 Å². The molecular formula is C16H18ClN3O2. The van der Waals surface area contributed by atoms with Crippen LogP contribution in [0.4, 0.5) is 0 Å². The zero-order chi connectivity index (χ0) is 15.5. The highest BCUT2D eigenvalue weighted by Crippen LogP contribution is 2.22. The Kier molecular flexibility index (Phi) is 4.57. The molecule has 0 saturated carbocycles. The van der Waals surface area contributed by atoms with Gasteiger partial charge < -0.3 is 15.0 Å². The van der Waals surface area contributed by atoms with Crippen molar-refractivity contribution in [3.63, 3.8) is 0 Å². The molecule has 6 heteroatoms. The third-order valence-corrected chi connectivity index (χ3v) is 3.96. The first-order valence-corrected chi connectivity index (χ1v) is 7.64. The summed E-state index contributed by atoms with van der Waals surface area (Å²) in [6, 6.07) is 7.18. The molecule has 0 aliphatic carbocycles. The van der Waals surface area contributed by atoms with E-state index in [0.717, 1.165) is 18.5 Å². The molecule has 1 aliphatic heterocycles. The van der Waals surface area contributed by atoms with E-state index in [1.165, 1.54) is 0 Å². The molecule has 1 saturated heterocycles. The van der Waals surface area contributed by atoms with Crippen LogP contribution in [0.15, 0.2) is 30.5 Å². The second kappa shape index (κ2) is 6.60. The first-order chi connectivity index (χ1) is 10.6. The van der Waals surface area contributed by atoms with Gasteiger partial charge in [-0.1, -0.05) is 17.7 Å². The summed E-state index contributed by atoms with van der Waals surface area (Å²) in [5.41, 5.74) is 1.15. The van der Waals surface area contributed by atoms with Crippen molar-refractivity contribution in [2.24, 2.45) is 0 Å². The molecule has 0 radical (unpaired) electrons. The topological polar surface area (TPSA) is 54.5 Å². The number of hydrogen-bond acceptors (Lipinski definition) is 4. The van der Waals surface area contributed by atoms with Gasteiger partial charge in [0.15, 0.2) is 0 Å². The Balaban J connectivity index is 1.75. The van der Waals surface area contributed by atoms with Crippen molar-refractivity contribution in [2.45, 2.75) is 6.10 Å². The van der Waals surface area contributed by atoms with Crippen molar-refractivity contribution in [1.29, 1.82) is 0 Å². The van der Waals surface area contributed by atoms with Gasteiger partial charge in [0.25, 0.3) is 5.91 Å². The van der Waals surface area contributed by atoms with Gasteiger partial charge in [-0.2, -0.15) is 0 Å². The maximum absolute atomic E-state index is 12.5. The largest absolute Gasteiger partial charge is 0.374 e. The lowest BCUT2D eigenvalue weighted by Gasteiger charge is -2.30. The molecule has 0 bridgehead atoms. The number of likely N-dealkylation sites (N-methyl/N-ethyl adjacent to an activating group) is 1. The Morgan fingerprint density at radius 1 is 1.55 bits per heavy atom. The average Bonchev–Trinajstić information content (AvgIpc) is 2.52. The lowest BCUT2D eigenvalue weighted by molar-refractivity contribution is -0.0174. The number of aromatic nitrogens is 1. The fourth-order valence-electron chi connectivity index (χ4n) is 2.62. The van der Waals surface area contributed by atoms with E-state index in [1.807, 2.05) is 19.2 Å². The van der Waals surface area contributed by atoms with Crippen molar-refractivity contribution in [2.75, 3.05) is 33.3 Å². The number of ether oxygens (including phenoxy) is 1. The second-order valence-corrected chi connectivity index (χ2v) is 5.93. The summed E-state index contributed by atoms with van der Waals surface area (Å²) in [5.74, 6) is -0.178. The number of amides is 1. The third kappa shape index (κ3) is 3.38. The number of pyridine rings is 1. The van der Waals surface area contributed by atoms with Gasteiger partial charge in [0.2, 0.25) is 0 Å². The van der Waals surface area contributed by atoms with E-state index in [1.54, 1.807) is 18.3 Å². The molecule has 3 rings (SSSR count). The molecule has 5 nitrogen and oxygen atoms in total. The maximum atomic E-state index is 12.5. The van der Waals surface area contributed by atoms with Crippen molar-refractivity contribution in [1.82, 2.24) is 15.2 Å². The zero-order valence-electron chi connectivity index (χ0n) is 12.4. The highest BCUT2D eigenvalue weighted by Gasteiger charge is 2.19. The summed E-state index contributed by atoms with van der Waals surface area (Å²) in [4.78, 5) is 18.9. The highest BCUT2D eigenvalue weighted by molar-refractivity contribution is 6.32. The van der Waals surface area contributed by atoms with Gasteiger partial charge in [-0.3, -0.25) is 9.78 Å². The SMILES string of the molecule is CN1CCO[C@@H](CNC(=O)c2cc(Cl)cc3cccnc23)C1. The summed E-state index contributed by atoms with van der Waals surface area (Å²) in [6.07, 6.45) is 1.69. The van der Waals surface area contributed by atoms with E-state index in [0.29, 0.717) is 29.3 Å². The van der Waals surface area contributed by atoms with E-state index >= 15 is 0 Å². The first kappa shape index (κ1) is 15.2. The number of nitrogens with one attached hydrogen (secondary N) is 1. The number of fused-ring (bicyclic) bond motifs is 1. The van der Waals surface area contributed by atoms with Crippen LogP contribution in [0, 0.1) is 0 Å². The molecule has 1 aliphatic rings. The van der Waals surface area contributed by atoms with Crippen molar-refractivity contribution < 1.29 is 9.53 Å². The lowest BCUT2D eigenvalue weighted by atomic mass is 10.1. The Morgan fingerprint density at radius 3 is 3.23 bits per heavy atom. The number of halogens is 1. The molecule has 1 amide bonds. The molecule has 1 atom stereocenters. The number of carbonyl (C=O) groups excluding carboxylic acids is 1. The van der Waals surface area contributed by atoms with E-state index < -0.39 is 0 Å². The minimum absolute atomic E-state index is 0.0149. The van der Waals surface area contributed by atoms with Crippen LogP contribution < -0.4 is 5.32 Å². The molecule has 0 spiro atoms. The summed E-state index contributed by atoms with van der Waals surface area (Å²) >= 11 is 6.10. The summed E-state index contributed by atoms with van der Waals surface area (Å²) in [5, 5.41) is 4.30. The Bertz CT molecular complexity index is 692. The van der Waals surface area contributed by atoms with Crippen LogP contribution in [0.2, 0.25) is 5.02 Å². The number of carbonyl (C=O) groups is 1. The van der Waals surface area contributed by atoms with E-state index in [9.17, 15) is 4.79 Å². The Labute approximate surface area is 134 Å². The smallest absolute Gasteiger partial charge is 0.253 e. The Morgan fingerprint density at radius 2 is 2.41 bits per heavy atom. The monoisotopic (exact) mass is 319 g/mol. The third-order valence-electron chi connectivity index (χ3n) is 3.75. The van der Waals surface area contributed by atoms with Gasteiger partial charge in [0, 0.05) is 36.2 Å². The predicted molar refractivity (Wildman–Crippen MR) is 86.3 cm³/mol. The fourth-order valence-corrected chi connectivity index (χ4v) is 2.85. The van der Waals surface area contributed by atoms with Gasteiger partial charge in [0.05, 0.1) is 23.8 Å². The number of morpholine rings is 1. The highest BCUT2D eigenvalue weighted by atomic mass is 35.5. The summed E-state index contributed by atoms with van der Waals surface area (Å²) in [7, 11) is 2.05. The lowest BCUT2D eigenvalue weighted by Crippen LogP contribution is -2.45. The van der Waals surface area contributed by atoms with Crippen LogP contribution in [0.1, 0.15) is 10.4 Å². The van der Waals surface area contributed by atoms with Crippen LogP contribution in [-0.4, -0.2) is 55.2 Å². The van der Waals surface area contributed by atoms with E-state index in [4.69, 9.17) is 16.3 Å². The van der Waals surface area contributed by atoms with Crippen LogP contribution in [0.5, 0.6) is 0 Å². The van der Waals surface area contributed by atoms with Gasteiger partial charge >= 0.3 is 0 Å². The molecule has 22 heavy (non-hydrogen) atoms. The quantitative estimate of drug-likeness (QED) is 0.939. The van der Waals surface area contributed by atoms with E-state index in [-0.39, 0.29) is 12.0 Å². The predicted octanol–water partition coefficient (Wildman–Crippen LogP) is 1.95. The first-order valence-electron chi connectivity index (χ1n) is 7.26. The maximum Gasteiger partial charge on any atom is 0.253 e. The van der Waals surface area contributed by atoms with Crippen molar-refractivity contribution >= 4 is 28.4 Å². The van der Waals surface area contributed by atoms with Crippen LogP contribution in [0.3, 0.4) is 0 Å². The minimum atomic E-state index is -0.178. The zero-order valence-corrected chi connectivity index (χ0v) is 13.1. The molecule has 1 aromatic heterocycles. The fraction of sp³-hybridized carbons (Fsp3) is 0.375. The van der Waals surface area contributed by atoms with E-state index in [2.05, 4.69) is 15.2 Å². The standard InChI is InChI=1S/C16H18ClN3O2/c1-20-5-6-22-13(10-20)9-19-16(21)14-8-12(17)7-11-3-2-4-18-15(11)14/h2-4,7-8,13H,5-6,9-10H2,1H3,(H,19,21)/t13-/m0/s1. The molecule has 116 valence electrons. The number of rotatable bonds is 3. The van der Waals surface area contributed by atoms with Gasteiger partial charge in [0.1, 0.15) is 0 Å². The number of benzene rings is 1. The van der Waals surface area contributed by atoms with Crippen molar-refractivity contribution in [3.8, 4) is 0 Å². The van der Waals surface area contributed by atoms with Crippen LogP contribution in [-0.2, 0) is 4.74 Å². The normalized spacial score (nSPS) is 19.3. The molecule has 2 heterocycles.